The topological polar surface area (TPSA) is 66.5 Å². The number of amides is 1. The van der Waals surface area contributed by atoms with Gasteiger partial charge in [0.05, 0.1) is 18.5 Å². The minimum atomic E-state index is -3.48. The number of sulfonamides is 1. The summed E-state index contributed by atoms with van der Waals surface area (Å²) in [7, 11) is -3.48. The summed E-state index contributed by atoms with van der Waals surface area (Å²) in [6.07, 6.45) is 1.18. The summed E-state index contributed by atoms with van der Waals surface area (Å²) >= 11 is 0. The van der Waals surface area contributed by atoms with E-state index in [1.165, 1.54) is 10.6 Å². The molecule has 0 aliphatic carbocycles. The number of nitrogens with one attached hydrogen (secondary N) is 1. The Hall–Kier alpha value is -3.12. The Morgan fingerprint density at radius 3 is 2.07 bits per heavy atom. The third-order valence-electron chi connectivity index (χ3n) is 4.30. The first kappa shape index (κ1) is 19.6. The first-order valence-electron chi connectivity index (χ1n) is 8.83. The zero-order chi connectivity index (χ0) is 20.1. The molecule has 6 heteroatoms. The van der Waals surface area contributed by atoms with E-state index in [1.54, 1.807) is 36.4 Å². The van der Waals surface area contributed by atoms with Crippen LogP contribution in [0.15, 0.2) is 78.9 Å². The summed E-state index contributed by atoms with van der Waals surface area (Å²) in [5.74, 6) is -0.248. The van der Waals surface area contributed by atoms with Gasteiger partial charge in [0.2, 0.25) is 10.0 Å². The zero-order valence-electron chi connectivity index (χ0n) is 15.8. The second-order valence-electron chi connectivity index (χ2n) is 6.62. The van der Waals surface area contributed by atoms with E-state index in [9.17, 15) is 13.2 Å². The number of nitrogens with zero attached hydrogens (tertiary/aromatic N) is 1. The molecular formula is C22H22N2O3S. The Balaban J connectivity index is 1.80. The van der Waals surface area contributed by atoms with Crippen LogP contribution in [0.1, 0.15) is 21.5 Å². The highest BCUT2D eigenvalue weighted by molar-refractivity contribution is 7.92. The minimum Gasteiger partial charge on any atom is -0.322 e. The van der Waals surface area contributed by atoms with Crippen molar-refractivity contribution < 1.29 is 13.2 Å². The van der Waals surface area contributed by atoms with Gasteiger partial charge in [-0.1, -0.05) is 48.0 Å². The second kappa shape index (κ2) is 8.27. The van der Waals surface area contributed by atoms with E-state index in [1.807, 2.05) is 49.4 Å². The summed E-state index contributed by atoms with van der Waals surface area (Å²) in [6, 6.07) is 23.4. The van der Waals surface area contributed by atoms with Gasteiger partial charge in [0.1, 0.15) is 0 Å². The van der Waals surface area contributed by atoms with Crippen molar-refractivity contribution in [2.75, 3.05) is 15.9 Å². The van der Waals surface area contributed by atoms with Crippen molar-refractivity contribution >= 4 is 27.3 Å². The molecule has 0 atom stereocenters. The van der Waals surface area contributed by atoms with Gasteiger partial charge in [-0.3, -0.25) is 9.10 Å². The number of carbonyl (C=O) groups is 1. The van der Waals surface area contributed by atoms with E-state index >= 15 is 0 Å². The van der Waals surface area contributed by atoms with Crippen LogP contribution < -0.4 is 9.62 Å². The summed E-state index contributed by atoms with van der Waals surface area (Å²) in [5, 5.41) is 2.81. The van der Waals surface area contributed by atoms with Crippen molar-refractivity contribution in [3.05, 3.63) is 95.6 Å². The Morgan fingerprint density at radius 1 is 0.893 bits per heavy atom. The average molecular weight is 394 g/mol. The normalized spacial score (nSPS) is 11.1. The quantitative estimate of drug-likeness (QED) is 0.681. The summed E-state index contributed by atoms with van der Waals surface area (Å²) in [6.45, 7) is 2.21. The Kier molecular flexibility index (Phi) is 5.80. The highest BCUT2D eigenvalue weighted by Crippen LogP contribution is 2.22. The Bertz CT molecular complexity index is 1050. The molecule has 0 aromatic heterocycles. The summed E-state index contributed by atoms with van der Waals surface area (Å²) in [5.41, 5.74) is 3.68. The smallest absolute Gasteiger partial charge is 0.255 e. The van der Waals surface area contributed by atoms with Crippen LogP contribution in [0.2, 0.25) is 0 Å². The van der Waals surface area contributed by atoms with Crippen LogP contribution in [-0.4, -0.2) is 20.6 Å². The predicted molar refractivity (Wildman–Crippen MR) is 113 cm³/mol. The number of anilines is 2. The molecule has 0 saturated carbocycles. The van der Waals surface area contributed by atoms with Gasteiger partial charge in [0.25, 0.3) is 5.91 Å². The maximum absolute atomic E-state index is 12.4. The summed E-state index contributed by atoms with van der Waals surface area (Å²) < 4.78 is 25.9. The molecule has 3 aromatic carbocycles. The number of hydrogen-bond acceptors (Lipinski definition) is 3. The molecule has 3 aromatic rings. The molecule has 144 valence electrons. The second-order valence-corrected chi connectivity index (χ2v) is 8.53. The van der Waals surface area contributed by atoms with Crippen molar-refractivity contribution in [1.82, 2.24) is 0 Å². The number of benzene rings is 3. The molecule has 0 aliphatic rings. The first-order valence-corrected chi connectivity index (χ1v) is 10.7. The lowest BCUT2D eigenvalue weighted by atomic mass is 10.1. The van der Waals surface area contributed by atoms with Crippen molar-refractivity contribution in [3.8, 4) is 0 Å². The lowest BCUT2D eigenvalue weighted by Gasteiger charge is -2.23. The Labute approximate surface area is 165 Å². The molecule has 5 nitrogen and oxygen atoms in total. The molecule has 0 radical (unpaired) electrons. The monoisotopic (exact) mass is 394 g/mol. The average Bonchev–Trinajstić information content (AvgIpc) is 2.67. The lowest BCUT2D eigenvalue weighted by Crippen LogP contribution is -2.29. The number of rotatable bonds is 6. The first-order chi connectivity index (χ1) is 13.3. The molecule has 0 fully saturated rings. The fourth-order valence-electron chi connectivity index (χ4n) is 2.76. The predicted octanol–water partition coefficient (Wildman–Crippen LogP) is 4.21. The van der Waals surface area contributed by atoms with Crippen LogP contribution in [0.5, 0.6) is 0 Å². The fourth-order valence-corrected chi connectivity index (χ4v) is 3.65. The van der Waals surface area contributed by atoms with Gasteiger partial charge >= 0.3 is 0 Å². The standard InChI is InChI=1S/C22H22N2O3S/c1-17-8-10-18(11-9-17)16-24(28(2,26)27)21-14-12-19(13-15-21)22(25)23-20-6-4-3-5-7-20/h3-15H,16H2,1-2H3,(H,23,25). The highest BCUT2D eigenvalue weighted by Gasteiger charge is 2.18. The van der Waals surface area contributed by atoms with E-state index in [0.29, 0.717) is 16.9 Å². The molecule has 0 saturated heterocycles. The van der Waals surface area contributed by atoms with Gasteiger partial charge in [-0.15, -0.1) is 0 Å². The molecule has 3 rings (SSSR count). The SMILES string of the molecule is Cc1ccc(CN(c2ccc(C(=O)Nc3ccccc3)cc2)S(C)(=O)=O)cc1. The molecule has 0 spiro atoms. The van der Waals surface area contributed by atoms with Gasteiger partial charge in [-0.25, -0.2) is 8.42 Å². The van der Waals surface area contributed by atoms with Crippen LogP contribution in [0.4, 0.5) is 11.4 Å². The van der Waals surface area contributed by atoms with Crippen molar-refractivity contribution in [2.24, 2.45) is 0 Å². The van der Waals surface area contributed by atoms with Crippen LogP contribution >= 0.6 is 0 Å². The van der Waals surface area contributed by atoms with E-state index in [0.717, 1.165) is 11.1 Å². The molecule has 1 N–H and O–H groups in total. The van der Waals surface area contributed by atoms with Crippen molar-refractivity contribution in [1.29, 1.82) is 0 Å². The molecule has 0 unspecified atom stereocenters. The fraction of sp³-hybridized carbons (Fsp3) is 0.136. The zero-order valence-corrected chi connectivity index (χ0v) is 16.6. The molecular weight excluding hydrogens is 372 g/mol. The number of carbonyl (C=O) groups excluding carboxylic acids is 1. The largest absolute Gasteiger partial charge is 0.322 e. The van der Waals surface area contributed by atoms with Gasteiger partial charge in [-0.05, 0) is 48.9 Å². The van der Waals surface area contributed by atoms with Gasteiger partial charge in [-0.2, -0.15) is 0 Å². The van der Waals surface area contributed by atoms with E-state index < -0.39 is 10.0 Å². The van der Waals surface area contributed by atoms with Crippen LogP contribution in [0.25, 0.3) is 0 Å². The molecule has 0 bridgehead atoms. The maximum atomic E-state index is 12.4. The number of aryl methyl sites for hydroxylation is 1. The molecule has 28 heavy (non-hydrogen) atoms. The van der Waals surface area contributed by atoms with Gasteiger partial charge in [0, 0.05) is 11.3 Å². The van der Waals surface area contributed by atoms with E-state index in [2.05, 4.69) is 5.32 Å². The molecule has 0 heterocycles. The van der Waals surface area contributed by atoms with Crippen LogP contribution in [0, 0.1) is 6.92 Å². The Morgan fingerprint density at radius 2 is 1.50 bits per heavy atom. The van der Waals surface area contributed by atoms with Gasteiger partial charge in [0.15, 0.2) is 0 Å². The third-order valence-corrected chi connectivity index (χ3v) is 5.44. The molecule has 0 aliphatic heterocycles. The maximum Gasteiger partial charge on any atom is 0.255 e. The van der Waals surface area contributed by atoms with E-state index in [4.69, 9.17) is 0 Å². The van der Waals surface area contributed by atoms with Crippen LogP contribution in [0.3, 0.4) is 0 Å². The summed E-state index contributed by atoms with van der Waals surface area (Å²) in [4.78, 5) is 12.4. The lowest BCUT2D eigenvalue weighted by molar-refractivity contribution is 0.102. The van der Waals surface area contributed by atoms with E-state index in [-0.39, 0.29) is 12.5 Å². The van der Waals surface area contributed by atoms with Crippen LogP contribution in [-0.2, 0) is 16.6 Å². The van der Waals surface area contributed by atoms with Crippen molar-refractivity contribution in [3.63, 3.8) is 0 Å². The third kappa shape index (κ3) is 4.98. The number of hydrogen-bond donors (Lipinski definition) is 1. The number of para-hydroxylation sites is 1. The molecule has 1 amide bonds. The van der Waals surface area contributed by atoms with Gasteiger partial charge < -0.3 is 5.32 Å². The van der Waals surface area contributed by atoms with Crippen molar-refractivity contribution in [2.45, 2.75) is 13.5 Å². The highest BCUT2D eigenvalue weighted by atomic mass is 32.2. The minimum absolute atomic E-state index is 0.231.